The summed E-state index contributed by atoms with van der Waals surface area (Å²) in [5, 5.41) is 22.5. The Hall–Kier alpha value is -2.58. The molecule has 5 rings (SSSR count). The number of hydrogen-bond donors (Lipinski definition) is 2. The van der Waals surface area contributed by atoms with Crippen molar-refractivity contribution in [2.75, 3.05) is 13.6 Å². The quantitative estimate of drug-likeness (QED) is 0.709. The van der Waals surface area contributed by atoms with Gasteiger partial charge in [0.1, 0.15) is 5.76 Å². The van der Waals surface area contributed by atoms with E-state index in [0.29, 0.717) is 25.0 Å². The molecule has 2 bridgehead atoms. The van der Waals surface area contributed by atoms with Crippen LogP contribution in [0.4, 0.5) is 0 Å². The van der Waals surface area contributed by atoms with Gasteiger partial charge in [-0.15, -0.1) is 0 Å². The van der Waals surface area contributed by atoms with Gasteiger partial charge in [0, 0.05) is 24.9 Å². The van der Waals surface area contributed by atoms with E-state index in [4.69, 9.17) is 14.2 Å². The maximum Gasteiger partial charge on any atom is 0.352 e. The van der Waals surface area contributed by atoms with Crippen molar-refractivity contribution in [1.29, 1.82) is 0 Å². The number of benzene rings is 1. The number of carbonyl (C=O) groups is 2. The van der Waals surface area contributed by atoms with Crippen LogP contribution >= 0.6 is 0 Å². The number of nitrogens with zero attached hydrogens (tertiary/aromatic N) is 1. The molecule has 8 heteroatoms. The van der Waals surface area contributed by atoms with Crippen LogP contribution in [0.1, 0.15) is 37.8 Å². The first-order chi connectivity index (χ1) is 14.2. The molecule has 1 unspecified atom stereocenters. The molecule has 4 aliphatic rings. The summed E-state index contributed by atoms with van der Waals surface area (Å²) in [5.74, 6) is -0.625. The maximum absolute atomic E-state index is 12.5. The molecule has 0 amide bonds. The molecule has 2 aliphatic heterocycles. The molecule has 1 aromatic carbocycles. The minimum absolute atomic E-state index is 0.0104. The second-order valence-corrected chi connectivity index (χ2v) is 8.78. The summed E-state index contributed by atoms with van der Waals surface area (Å²) < 4.78 is 16.8. The highest BCUT2D eigenvalue weighted by molar-refractivity contribution is 5.79. The van der Waals surface area contributed by atoms with Crippen molar-refractivity contribution in [2.24, 2.45) is 0 Å². The van der Waals surface area contributed by atoms with E-state index in [1.54, 1.807) is 12.1 Å². The summed E-state index contributed by atoms with van der Waals surface area (Å²) in [6.07, 6.45) is 1.43. The fourth-order valence-electron chi connectivity index (χ4n) is 5.93. The maximum atomic E-state index is 12.5. The van der Waals surface area contributed by atoms with Gasteiger partial charge < -0.3 is 29.3 Å². The number of carbonyl (C=O) groups excluding carboxylic acids is 2. The first-order valence-corrected chi connectivity index (χ1v) is 10.2. The van der Waals surface area contributed by atoms with Gasteiger partial charge in [-0.05, 0) is 51.1 Å². The number of phenolic OH excluding ortho intramolecular Hbond substituents is 1. The number of phenols is 1. The Kier molecular flexibility index (Phi) is 4.02. The van der Waals surface area contributed by atoms with Crippen molar-refractivity contribution in [3.05, 3.63) is 35.1 Å². The summed E-state index contributed by atoms with van der Waals surface area (Å²) in [6.45, 7) is 3.42. The third-order valence-corrected chi connectivity index (χ3v) is 7.25. The monoisotopic (exact) mass is 415 g/mol. The summed E-state index contributed by atoms with van der Waals surface area (Å²) in [4.78, 5) is 25.9. The van der Waals surface area contributed by atoms with Crippen LogP contribution in [0.5, 0.6) is 11.5 Å². The molecular formula is C22H25NO7. The lowest BCUT2D eigenvalue weighted by Gasteiger charge is -2.61. The van der Waals surface area contributed by atoms with Gasteiger partial charge >= 0.3 is 11.9 Å². The van der Waals surface area contributed by atoms with Crippen molar-refractivity contribution in [2.45, 2.75) is 62.4 Å². The first-order valence-electron chi connectivity index (χ1n) is 10.2. The summed E-state index contributed by atoms with van der Waals surface area (Å²) in [7, 11) is 2.01. The number of likely N-dealkylation sites (tertiary alicyclic amines) is 1. The molecule has 8 nitrogen and oxygen atoms in total. The molecular weight excluding hydrogens is 390 g/mol. The Balaban J connectivity index is 1.60. The Labute approximate surface area is 174 Å². The standard InChI is InChI=1S/C22H25NO7/c1-11(28-12(2)24)20(26)29-15-6-7-22(27)16-10-13-4-5-14(25)18-17(13)21(22,19(15)30-18)8-9-23(16)3/h4-6,11,16,19,25,27H,7-10H2,1-3H3/t11-,16?,19-,21-,22-/m0/s1. The van der Waals surface area contributed by atoms with Gasteiger partial charge in [0.2, 0.25) is 0 Å². The fraction of sp³-hybridized carbons (Fsp3) is 0.545. The van der Waals surface area contributed by atoms with E-state index in [1.165, 1.54) is 13.8 Å². The smallest absolute Gasteiger partial charge is 0.352 e. The van der Waals surface area contributed by atoms with Gasteiger partial charge in [-0.25, -0.2) is 4.79 Å². The third-order valence-electron chi connectivity index (χ3n) is 7.25. The van der Waals surface area contributed by atoms with E-state index in [0.717, 1.165) is 17.7 Å². The molecule has 5 atom stereocenters. The van der Waals surface area contributed by atoms with E-state index < -0.39 is 35.2 Å². The van der Waals surface area contributed by atoms with Crippen LogP contribution < -0.4 is 4.74 Å². The normalized spacial score (nSPS) is 34.3. The van der Waals surface area contributed by atoms with Crippen LogP contribution in [0.15, 0.2) is 24.0 Å². The Bertz CT molecular complexity index is 988. The lowest BCUT2D eigenvalue weighted by Crippen LogP contribution is -2.74. The van der Waals surface area contributed by atoms with Crippen LogP contribution in [0.2, 0.25) is 0 Å². The number of likely N-dealkylation sites (N-methyl/N-ethyl adjacent to an activating group) is 1. The van der Waals surface area contributed by atoms with E-state index in [9.17, 15) is 19.8 Å². The van der Waals surface area contributed by atoms with E-state index in [1.807, 2.05) is 13.1 Å². The summed E-state index contributed by atoms with van der Waals surface area (Å²) in [6, 6.07) is 3.38. The molecule has 1 saturated heterocycles. The van der Waals surface area contributed by atoms with Gasteiger partial charge in [0.05, 0.1) is 11.0 Å². The number of piperidine rings is 1. The molecule has 2 N–H and O–H groups in total. The van der Waals surface area contributed by atoms with Gasteiger partial charge in [0.25, 0.3) is 0 Å². The second kappa shape index (κ2) is 6.21. The number of rotatable bonds is 3. The largest absolute Gasteiger partial charge is 0.504 e. The fourth-order valence-corrected chi connectivity index (χ4v) is 5.93. The minimum Gasteiger partial charge on any atom is -0.504 e. The van der Waals surface area contributed by atoms with Crippen molar-refractivity contribution in [1.82, 2.24) is 4.90 Å². The molecule has 1 aromatic rings. The van der Waals surface area contributed by atoms with Crippen molar-refractivity contribution in [3.8, 4) is 11.5 Å². The summed E-state index contributed by atoms with van der Waals surface area (Å²) in [5.41, 5.74) is -0.0731. The average Bonchev–Trinajstić information content (AvgIpc) is 3.04. The number of esters is 2. The lowest BCUT2D eigenvalue weighted by molar-refractivity contribution is -0.175. The second-order valence-electron chi connectivity index (χ2n) is 8.78. The topological polar surface area (TPSA) is 106 Å². The molecule has 0 saturated carbocycles. The van der Waals surface area contributed by atoms with Crippen LogP contribution in [-0.2, 0) is 30.9 Å². The van der Waals surface area contributed by atoms with Gasteiger partial charge in [-0.2, -0.15) is 0 Å². The highest BCUT2D eigenvalue weighted by atomic mass is 16.6. The van der Waals surface area contributed by atoms with Crippen molar-refractivity contribution >= 4 is 11.9 Å². The minimum atomic E-state index is -1.12. The van der Waals surface area contributed by atoms with Crippen LogP contribution in [0, 0.1) is 0 Å². The van der Waals surface area contributed by atoms with Crippen LogP contribution in [0.25, 0.3) is 0 Å². The SMILES string of the molecule is CC(=O)O[C@@H](C)C(=O)OC1=CC[C@]2(O)C3Cc4ccc(O)c5c4[C@@]2(CCN3C)[C@H]1O5. The van der Waals surface area contributed by atoms with E-state index in [2.05, 4.69) is 4.90 Å². The van der Waals surface area contributed by atoms with Gasteiger partial charge in [0.15, 0.2) is 23.7 Å². The predicted molar refractivity (Wildman–Crippen MR) is 104 cm³/mol. The molecule has 0 radical (unpaired) electrons. The lowest BCUT2D eigenvalue weighted by atomic mass is 9.50. The Morgan fingerprint density at radius 1 is 1.37 bits per heavy atom. The number of aromatic hydroxyl groups is 1. The molecule has 0 aromatic heterocycles. The number of aliphatic hydroxyl groups is 1. The van der Waals surface area contributed by atoms with Crippen molar-refractivity contribution in [3.63, 3.8) is 0 Å². The molecule has 2 heterocycles. The van der Waals surface area contributed by atoms with Crippen LogP contribution in [0.3, 0.4) is 0 Å². The molecule has 30 heavy (non-hydrogen) atoms. The summed E-state index contributed by atoms with van der Waals surface area (Å²) >= 11 is 0. The Morgan fingerprint density at radius 2 is 2.13 bits per heavy atom. The van der Waals surface area contributed by atoms with Crippen molar-refractivity contribution < 1.29 is 34.0 Å². The highest BCUT2D eigenvalue weighted by Gasteiger charge is 2.72. The van der Waals surface area contributed by atoms with E-state index in [-0.39, 0.29) is 17.6 Å². The average molecular weight is 415 g/mol. The first kappa shape index (κ1) is 19.4. The van der Waals surface area contributed by atoms with E-state index >= 15 is 0 Å². The number of ether oxygens (including phenoxy) is 3. The van der Waals surface area contributed by atoms with Crippen LogP contribution in [-0.4, -0.2) is 64.5 Å². The Morgan fingerprint density at radius 3 is 2.87 bits per heavy atom. The van der Waals surface area contributed by atoms with Gasteiger partial charge in [-0.1, -0.05) is 6.07 Å². The highest BCUT2D eigenvalue weighted by Crippen LogP contribution is 2.65. The number of hydrogen-bond acceptors (Lipinski definition) is 8. The third kappa shape index (κ3) is 2.29. The predicted octanol–water partition coefficient (Wildman–Crippen LogP) is 1.16. The molecule has 160 valence electrons. The zero-order valence-electron chi connectivity index (χ0n) is 17.2. The van der Waals surface area contributed by atoms with Gasteiger partial charge in [-0.3, -0.25) is 4.79 Å². The molecule has 1 fully saturated rings. The molecule has 1 spiro atoms. The molecule has 2 aliphatic carbocycles. The zero-order valence-corrected chi connectivity index (χ0v) is 17.2. The zero-order chi connectivity index (χ0) is 21.4.